The third-order valence-corrected chi connectivity index (χ3v) is 3.13. The molecule has 108 valence electrons. The molecule has 1 aromatic carbocycles. The van der Waals surface area contributed by atoms with Gasteiger partial charge in [0.25, 0.3) is 0 Å². The van der Waals surface area contributed by atoms with E-state index < -0.39 is 0 Å². The monoisotopic (exact) mass is 265 g/mol. The van der Waals surface area contributed by atoms with Crippen molar-refractivity contribution in [3.8, 4) is 5.75 Å². The molecule has 0 amide bonds. The second-order valence-corrected chi connectivity index (χ2v) is 5.85. The maximum absolute atomic E-state index is 5.81. The summed E-state index contributed by atoms with van der Waals surface area (Å²) in [6.45, 7) is 12.3. The summed E-state index contributed by atoms with van der Waals surface area (Å²) < 4.78 is 11.3. The summed E-state index contributed by atoms with van der Waals surface area (Å²) in [6.07, 6.45) is -0.0355. The Bertz CT molecular complexity index is 396. The molecular weight excluding hydrogens is 238 g/mol. The summed E-state index contributed by atoms with van der Waals surface area (Å²) in [7, 11) is 0. The normalized spacial score (nSPS) is 13.4. The third kappa shape index (κ3) is 4.84. The van der Waals surface area contributed by atoms with Crippen LogP contribution in [0, 0.1) is 6.92 Å². The molecular formula is C16H27NO2. The predicted molar refractivity (Wildman–Crippen MR) is 79.8 cm³/mol. The van der Waals surface area contributed by atoms with Crippen molar-refractivity contribution < 1.29 is 9.47 Å². The fourth-order valence-electron chi connectivity index (χ4n) is 1.88. The average Bonchev–Trinajstić information content (AvgIpc) is 2.34. The smallest absolute Gasteiger partial charge is 0.122 e. The molecule has 1 aromatic rings. The standard InChI is InChI=1S/C16H27NO2/c1-6-18-14(10-17)11-19-15-8-7-13(9-12(15)2)16(3,4)5/h7-9,14H,6,10-11,17H2,1-5H3. The lowest BCUT2D eigenvalue weighted by Gasteiger charge is -2.21. The van der Waals surface area contributed by atoms with E-state index in [0.717, 1.165) is 11.3 Å². The fraction of sp³-hybridized carbons (Fsp3) is 0.625. The van der Waals surface area contributed by atoms with E-state index in [9.17, 15) is 0 Å². The highest BCUT2D eigenvalue weighted by molar-refractivity contribution is 5.38. The van der Waals surface area contributed by atoms with Crippen molar-refractivity contribution >= 4 is 0 Å². The Morgan fingerprint density at radius 1 is 1.26 bits per heavy atom. The molecule has 0 fully saturated rings. The van der Waals surface area contributed by atoms with E-state index in [1.165, 1.54) is 5.56 Å². The maximum Gasteiger partial charge on any atom is 0.122 e. The zero-order valence-corrected chi connectivity index (χ0v) is 12.8. The van der Waals surface area contributed by atoms with Gasteiger partial charge >= 0.3 is 0 Å². The first-order valence-corrected chi connectivity index (χ1v) is 6.94. The van der Waals surface area contributed by atoms with Gasteiger partial charge in [-0.3, -0.25) is 0 Å². The Kier molecular flexibility index (Phi) is 5.83. The van der Waals surface area contributed by atoms with Crippen LogP contribution in [0.15, 0.2) is 18.2 Å². The highest BCUT2D eigenvalue weighted by Gasteiger charge is 2.15. The van der Waals surface area contributed by atoms with Crippen LogP contribution < -0.4 is 10.5 Å². The SMILES string of the molecule is CCOC(CN)COc1ccc(C(C)(C)C)cc1C. The van der Waals surface area contributed by atoms with Gasteiger partial charge in [-0.05, 0) is 36.5 Å². The number of nitrogens with two attached hydrogens (primary N) is 1. The summed E-state index contributed by atoms with van der Waals surface area (Å²) in [5.41, 5.74) is 8.27. The van der Waals surface area contributed by atoms with Gasteiger partial charge in [0, 0.05) is 13.2 Å². The Labute approximate surface area is 117 Å². The summed E-state index contributed by atoms with van der Waals surface area (Å²) in [5.74, 6) is 0.908. The van der Waals surface area contributed by atoms with Crippen molar-refractivity contribution in [3.05, 3.63) is 29.3 Å². The second kappa shape index (κ2) is 6.92. The molecule has 3 heteroatoms. The Hall–Kier alpha value is -1.06. The minimum absolute atomic E-state index is 0.0355. The van der Waals surface area contributed by atoms with Crippen LogP contribution in [0.1, 0.15) is 38.8 Å². The molecule has 1 rings (SSSR count). The first-order valence-electron chi connectivity index (χ1n) is 6.94. The number of benzene rings is 1. The van der Waals surface area contributed by atoms with Gasteiger partial charge in [0.2, 0.25) is 0 Å². The highest BCUT2D eigenvalue weighted by Crippen LogP contribution is 2.27. The van der Waals surface area contributed by atoms with Gasteiger partial charge in [-0.15, -0.1) is 0 Å². The van der Waals surface area contributed by atoms with Crippen LogP contribution in [0.2, 0.25) is 0 Å². The van der Waals surface area contributed by atoms with Crippen molar-refractivity contribution in [1.82, 2.24) is 0 Å². The van der Waals surface area contributed by atoms with Crippen LogP contribution in [0.4, 0.5) is 0 Å². The van der Waals surface area contributed by atoms with E-state index >= 15 is 0 Å². The van der Waals surface area contributed by atoms with E-state index in [-0.39, 0.29) is 11.5 Å². The van der Waals surface area contributed by atoms with E-state index in [2.05, 4.69) is 39.8 Å². The third-order valence-electron chi connectivity index (χ3n) is 3.13. The van der Waals surface area contributed by atoms with Crippen molar-refractivity contribution in [2.24, 2.45) is 5.73 Å². The minimum Gasteiger partial charge on any atom is -0.491 e. The zero-order chi connectivity index (χ0) is 14.5. The van der Waals surface area contributed by atoms with Gasteiger partial charge in [-0.25, -0.2) is 0 Å². The van der Waals surface area contributed by atoms with E-state index in [4.69, 9.17) is 15.2 Å². The van der Waals surface area contributed by atoms with Crippen LogP contribution >= 0.6 is 0 Å². The van der Waals surface area contributed by atoms with Crippen molar-refractivity contribution in [1.29, 1.82) is 0 Å². The van der Waals surface area contributed by atoms with Crippen LogP contribution in [0.5, 0.6) is 5.75 Å². The van der Waals surface area contributed by atoms with Gasteiger partial charge in [-0.2, -0.15) is 0 Å². The number of rotatable bonds is 6. The van der Waals surface area contributed by atoms with Crippen LogP contribution in [-0.4, -0.2) is 25.9 Å². The van der Waals surface area contributed by atoms with Gasteiger partial charge in [-0.1, -0.05) is 32.9 Å². The molecule has 0 aliphatic carbocycles. The van der Waals surface area contributed by atoms with Crippen LogP contribution in [0.25, 0.3) is 0 Å². The molecule has 0 aromatic heterocycles. The predicted octanol–water partition coefficient (Wildman–Crippen LogP) is 3.04. The average molecular weight is 265 g/mol. The lowest BCUT2D eigenvalue weighted by Crippen LogP contribution is -2.30. The molecule has 0 spiro atoms. The lowest BCUT2D eigenvalue weighted by atomic mass is 9.86. The lowest BCUT2D eigenvalue weighted by molar-refractivity contribution is 0.0335. The molecule has 0 radical (unpaired) electrons. The first-order chi connectivity index (χ1) is 8.88. The molecule has 0 saturated carbocycles. The number of hydrogen-bond acceptors (Lipinski definition) is 3. The van der Waals surface area contributed by atoms with Crippen LogP contribution in [-0.2, 0) is 10.2 Å². The summed E-state index contributed by atoms with van der Waals surface area (Å²) in [6, 6.07) is 6.35. The Morgan fingerprint density at radius 3 is 2.42 bits per heavy atom. The largest absolute Gasteiger partial charge is 0.491 e. The highest BCUT2D eigenvalue weighted by atomic mass is 16.5. The molecule has 0 saturated heterocycles. The van der Waals surface area contributed by atoms with Crippen LogP contribution in [0.3, 0.4) is 0 Å². The number of aryl methyl sites for hydroxylation is 1. The molecule has 3 nitrogen and oxygen atoms in total. The van der Waals surface area contributed by atoms with Crippen molar-refractivity contribution in [2.75, 3.05) is 19.8 Å². The summed E-state index contributed by atoms with van der Waals surface area (Å²) >= 11 is 0. The minimum atomic E-state index is -0.0355. The summed E-state index contributed by atoms with van der Waals surface area (Å²) in [5, 5.41) is 0. The molecule has 0 aliphatic rings. The van der Waals surface area contributed by atoms with Gasteiger partial charge < -0.3 is 15.2 Å². The van der Waals surface area contributed by atoms with Crippen molar-refractivity contribution in [2.45, 2.75) is 46.1 Å². The van der Waals surface area contributed by atoms with E-state index in [1.54, 1.807) is 0 Å². The molecule has 0 bridgehead atoms. The van der Waals surface area contributed by atoms with Gasteiger partial charge in [0.1, 0.15) is 18.5 Å². The van der Waals surface area contributed by atoms with Crippen molar-refractivity contribution in [3.63, 3.8) is 0 Å². The first kappa shape index (κ1) is 16.0. The van der Waals surface area contributed by atoms with E-state index in [0.29, 0.717) is 19.8 Å². The molecule has 19 heavy (non-hydrogen) atoms. The Balaban J connectivity index is 2.70. The van der Waals surface area contributed by atoms with E-state index in [1.807, 2.05) is 13.0 Å². The fourth-order valence-corrected chi connectivity index (χ4v) is 1.88. The quantitative estimate of drug-likeness (QED) is 0.860. The zero-order valence-electron chi connectivity index (χ0n) is 12.8. The molecule has 1 unspecified atom stereocenters. The molecule has 0 heterocycles. The molecule has 1 atom stereocenters. The molecule has 2 N–H and O–H groups in total. The topological polar surface area (TPSA) is 44.5 Å². The second-order valence-electron chi connectivity index (χ2n) is 5.85. The molecule has 0 aliphatic heterocycles. The number of ether oxygens (including phenoxy) is 2. The van der Waals surface area contributed by atoms with Gasteiger partial charge in [0.05, 0.1) is 0 Å². The van der Waals surface area contributed by atoms with Gasteiger partial charge in [0.15, 0.2) is 0 Å². The Morgan fingerprint density at radius 2 is 1.95 bits per heavy atom. The maximum atomic E-state index is 5.81. The number of hydrogen-bond donors (Lipinski definition) is 1. The summed E-state index contributed by atoms with van der Waals surface area (Å²) in [4.78, 5) is 0.